The van der Waals surface area contributed by atoms with Gasteiger partial charge in [-0.2, -0.15) is 0 Å². The molecule has 0 saturated carbocycles. The van der Waals surface area contributed by atoms with Gasteiger partial charge in [-0.15, -0.1) is 0 Å². The number of carbonyl (C=O) groups excluding carboxylic acids is 1. The number of carbonyl (C=O) groups is 1. The number of nitrogens with zero attached hydrogens (tertiary/aromatic N) is 1. The summed E-state index contributed by atoms with van der Waals surface area (Å²) in [6.45, 7) is 2.14. The molecule has 174 valence electrons. The topological polar surface area (TPSA) is 75.7 Å². The van der Waals surface area contributed by atoms with Gasteiger partial charge in [-0.3, -0.25) is 9.10 Å². The molecule has 1 atom stereocenters. The van der Waals surface area contributed by atoms with Crippen LogP contribution in [0.3, 0.4) is 0 Å². The zero-order chi connectivity index (χ0) is 24.0. The molecule has 1 N–H and O–H groups in total. The van der Waals surface area contributed by atoms with Crippen LogP contribution in [0.1, 0.15) is 40.9 Å². The van der Waals surface area contributed by atoms with E-state index in [2.05, 4.69) is 5.32 Å². The van der Waals surface area contributed by atoms with Gasteiger partial charge >= 0.3 is 0 Å². The Kier molecular flexibility index (Phi) is 8.00. The van der Waals surface area contributed by atoms with Gasteiger partial charge in [-0.05, 0) is 60.0 Å². The highest BCUT2D eigenvalue weighted by Crippen LogP contribution is 2.24. The highest BCUT2D eigenvalue weighted by molar-refractivity contribution is 7.92. The number of hydrogen-bond donors (Lipinski definition) is 1. The van der Waals surface area contributed by atoms with Crippen LogP contribution in [-0.4, -0.2) is 27.7 Å². The SMILES string of the molecule is CC[C@@H](NC(=O)c1ccc(CN(c2cccc(Cl)c2)S(C)(=O)=O)cc1)c1ccc(OC)cc1. The van der Waals surface area contributed by atoms with Crippen molar-refractivity contribution in [3.63, 3.8) is 0 Å². The van der Waals surface area contributed by atoms with Crippen molar-refractivity contribution in [2.24, 2.45) is 0 Å². The Labute approximate surface area is 200 Å². The highest BCUT2D eigenvalue weighted by atomic mass is 35.5. The first kappa shape index (κ1) is 24.6. The summed E-state index contributed by atoms with van der Waals surface area (Å²) >= 11 is 6.04. The fourth-order valence-electron chi connectivity index (χ4n) is 3.46. The van der Waals surface area contributed by atoms with Crippen molar-refractivity contribution >= 4 is 33.2 Å². The zero-order valence-electron chi connectivity index (χ0n) is 18.8. The van der Waals surface area contributed by atoms with E-state index < -0.39 is 10.0 Å². The Morgan fingerprint density at radius 3 is 2.27 bits per heavy atom. The van der Waals surface area contributed by atoms with E-state index in [0.29, 0.717) is 16.3 Å². The average molecular weight is 487 g/mol. The smallest absolute Gasteiger partial charge is 0.251 e. The molecule has 0 aliphatic heterocycles. The van der Waals surface area contributed by atoms with Crippen LogP contribution < -0.4 is 14.4 Å². The van der Waals surface area contributed by atoms with Gasteiger partial charge in [-0.25, -0.2) is 8.42 Å². The van der Waals surface area contributed by atoms with Gasteiger partial charge in [0.2, 0.25) is 10.0 Å². The quantitative estimate of drug-likeness (QED) is 0.451. The molecule has 8 heteroatoms. The molecule has 1 amide bonds. The Balaban J connectivity index is 1.73. The van der Waals surface area contributed by atoms with Crippen LogP contribution in [0.5, 0.6) is 5.75 Å². The number of amides is 1. The Hall–Kier alpha value is -3.03. The largest absolute Gasteiger partial charge is 0.497 e. The molecule has 0 aliphatic carbocycles. The summed E-state index contributed by atoms with van der Waals surface area (Å²) in [7, 11) is -1.91. The number of methoxy groups -OCH3 is 1. The van der Waals surface area contributed by atoms with Crippen molar-refractivity contribution in [2.75, 3.05) is 17.7 Å². The van der Waals surface area contributed by atoms with E-state index in [0.717, 1.165) is 29.6 Å². The van der Waals surface area contributed by atoms with E-state index in [1.807, 2.05) is 31.2 Å². The first-order valence-corrected chi connectivity index (χ1v) is 12.7. The van der Waals surface area contributed by atoms with Crippen molar-refractivity contribution in [2.45, 2.75) is 25.9 Å². The van der Waals surface area contributed by atoms with Crippen LogP contribution in [0.4, 0.5) is 5.69 Å². The van der Waals surface area contributed by atoms with Crippen LogP contribution in [0.15, 0.2) is 72.8 Å². The molecule has 0 unspecified atom stereocenters. The van der Waals surface area contributed by atoms with Crippen molar-refractivity contribution in [3.05, 3.63) is 94.5 Å². The lowest BCUT2D eigenvalue weighted by molar-refractivity contribution is 0.0935. The van der Waals surface area contributed by atoms with Gasteiger partial charge in [0.25, 0.3) is 5.91 Å². The molecule has 0 heterocycles. The maximum absolute atomic E-state index is 12.8. The zero-order valence-corrected chi connectivity index (χ0v) is 20.4. The molecule has 3 rings (SSSR count). The maximum atomic E-state index is 12.8. The predicted molar refractivity (Wildman–Crippen MR) is 132 cm³/mol. The molecule has 3 aromatic carbocycles. The number of hydrogen-bond acceptors (Lipinski definition) is 4. The molecule has 0 bridgehead atoms. The number of rotatable bonds is 9. The van der Waals surface area contributed by atoms with Crippen LogP contribution in [0.25, 0.3) is 0 Å². The monoisotopic (exact) mass is 486 g/mol. The van der Waals surface area contributed by atoms with Gasteiger partial charge in [0.15, 0.2) is 0 Å². The summed E-state index contributed by atoms with van der Waals surface area (Å²) in [6, 6.07) is 21.1. The molecule has 0 saturated heterocycles. The first-order valence-electron chi connectivity index (χ1n) is 10.5. The lowest BCUT2D eigenvalue weighted by atomic mass is 10.0. The van der Waals surface area contributed by atoms with E-state index in [1.165, 1.54) is 4.31 Å². The predicted octanol–water partition coefficient (Wildman–Crippen LogP) is 5.20. The molecule has 0 aliphatic rings. The number of halogens is 1. The van der Waals surface area contributed by atoms with Gasteiger partial charge in [0.1, 0.15) is 5.75 Å². The second-order valence-electron chi connectivity index (χ2n) is 7.65. The minimum Gasteiger partial charge on any atom is -0.497 e. The van der Waals surface area contributed by atoms with Crippen LogP contribution in [0, 0.1) is 0 Å². The minimum absolute atomic E-state index is 0.129. The summed E-state index contributed by atoms with van der Waals surface area (Å²) in [5.41, 5.74) is 2.73. The Morgan fingerprint density at radius 2 is 1.73 bits per heavy atom. The van der Waals surface area contributed by atoms with Gasteiger partial charge in [0.05, 0.1) is 31.6 Å². The van der Waals surface area contributed by atoms with Crippen molar-refractivity contribution < 1.29 is 17.9 Å². The second-order valence-corrected chi connectivity index (χ2v) is 10.00. The summed E-state index contributed by atoms with van der Waals surface area (Å²) in [6.07, 6.45) is 1.89. The molecule has 33 heavy (non-hydrogen) atoms. The Morgan fingerprint density at radius 1 is 1.06 bits per heavy atom. The van der Waals surface area contributed by atoms with Gasteiger partial charge < -0.3 is 10.1 Å². The van der Waals surface area contributed by atoms with E-state index in [9.17, 15) is 13.2 Å². The van der Waals surface area contributed by atoms with Crippen molar-refractivity contribution in [1.29, 1.82) is 0 Å². The lowest BCUT2D eigenvalue weighted by Crippen LogP contribution is -2.29. The fourth-order valence-corrected chi connectivity index (χ4v) is 4.52. The van der Waals surface area contributed by atoms with Crippen molar-refractivity contribution in [3.8, 4) is 5.75 Å². The van der Waals surface area contributed by atoms with E-state index in [-0.39, 0.29) is 18.5 Å². The van der Waals surface area contributed by atoms with E-state index >= 15 is 0 Å². The third-order valence-corrected chi connectivity index (χ3v) is 6.65. The normalized spacial score (nSPS) is 12.1. The van der Waals surface area contributed by atoms with Gasteiger partial charge in [-0.1, -0.05) is 48.9 Å². The number of anilines is 1. The summed E-state index contributed by atoms with van der Waals surface area (Å²) in [4.78, 5) is 12.8. The molecule has 6 nitrogen and oxygen atoms in total. The second kappa shape index (κ2) is 10.7. The number of sulfonamides is 1. The Bertz CT molecular complexity index is 1200. The highest BCUT2D eigenvalue weighted by Gasteiger charge is 2.19. The first-order chi connectivity index (χ1) is 15.7. The van der Waals surface area contributed by atoms with Crippen LogP contribution >= 0.6 is 11.6 Å². The number of benzene rings is 3. The molecule has 0 radical (unpaired) electrons. The fraction of sp³-hybridized carbons (Fsp3) is 0.240. The third kappa shape index (κ3) is 6.49. The molecule has 0 aromatic heterocycles. The molecule has 0 fully saturated rings. The van der Waals surface area contributed by atoms with Gasteiger partial charge in [0, 0.05) is 10.6 Å². The molecular weight excluding hydrogens is 460 g/mol. The molecule has 3 aromatic rings. The minimum atomic E-state index is -3.53. The maximum Gasteiger partial charge on any atom is 0.251 e. The summed E-state index contributed by atoms with van der Waals surface area (Å²) in [5, 5.41) is 3.51. The number of ether oxygens (including phenoxy) is 1. The van der Waals surface area contributed by atoms with E-state index in [4.69, 9.17) is 16.3 Å². The summed E-state index contributed by atoms with van der Waals surface area (Å²) in [5.74, 6) is 0.565. The van der Waals surface area contributed by atoms with E-state index in [1.54, 1.807) is 55.6 Å². The van der Waals surface area contributed by atoms with Crippen molar-refractivity contribution in [1.82, 2.24) is 5.32 Å². The van der Waals surface area contributed by atoms with Crippen LogP contribution in [0.2, 0.25) is 5.02 Å². The lowest BCUT2D eigenvalue weighted by Gasteiger charge is -2.23. The van der Waals surface area contributed by atoms with Crippen LogP contribution in [-0.2, 0) is 16.6 Å². The standard InChI is InChI=1S/C25H27ClN2O4S/c1-4-24(19-12-14-23(32-2)15-13-19)27-25(29)20-10-8-18(9-11-20)17-28(33(3,30)31)22-7-5-6-21(26)16-22/h5-16,24H,4,17H2,1-3H3,(H,27,29)/t24-/m1/s1. The number of nitrogens with one attached hydrogen (secondary N) is 1. The average Bonchev–Trinajstić information content (AvgIpc) is 2.80. The molecular formula is C25H27ClN2O4S. The molecule has 0 spiro atoms. The third-order valence-electron chi connectivity index (χ3n) is 5.27. The summed E-state index contributed by atoms with van der Waals surface area (Å²) < 4.78 is 31.2.